The standard InChI is InChI=1S/C11H14O2/c1-11-5-4-8(13)10(11)6-2-3-7(12)9(6)11/h2-3,6,8-10,13H,4-5H2,1H3/t6-,8-,9-,10-,11-/m1/s1. The Morgan fingerprint density at radius 2 is 2.38 bits per heavy atom. The van der Waals surface area contributed by atoms with Crippen LogP contribution in [0, 0.1) is 23.2 Å². The van der Waals surface area contributed by atoms with Crippen molar-refractivity contribution < 1.29 is 9.90 Å². The van der Waals surface area contributed by atoms with Gasteiger partial charge < -0.3 is 5.11 Å². The summed E-state index contributed by atoms with van der Waals surface area (Å²) in [5.74, 6) is 1.21. The predicted molar refractivity (Wildman–Crippen MR) is 48.0 cm³/mol. The van der Waals surface area contributed by atoms with Gasteiger partial charge in [0.05, 0.1) is 6.10 Å². The number of carbonyl (C=O) groups excluding carboxylic acids is 1. The Balaban J connectivity index is 2.00. The highest BCUT2D eigenvalue weighted by atomic mass is 16.3. The average Bonchev–Trinajstić information content (AvgIpc) is 2.49. The zero-order valence-electron chi connectivity index (χ0n) is 7.73. The number of aliphatic hydroxyl groups excluding tert-OH is 1. The molecule has 0 spiro atoms. The maximum Gasteiger partial charge on any atom is 0.159 e. The first-order chi connectivity index (χ1) is 6.14. The minimum Gasteiger partial charge on any atom is -0.393 e. The van der Waals surface area contributed by atoms with E-state index in [0.717, 1.165) is 12.8 Å². The van der Waals surface area contributed by atoms with E-state index in [1.54, 1.807) is 6.08 Å². The van der Waals surface area contributed by atoms with Gasteiger partial charge in [0.15, 0.2) is 5.78 Å². The van der Waals surface area contributed by atoms with Gasteiger partial charge in [0, 0.05) is 5.92 Å². The Labute approximate surface area is 77.6 Å². The number of fused-ring (bicyclic) bond motifs is 4. The third kappa shape index (κ3) is 0.678. The van der Waals surface area contributed by atoms with Crippen LogP contribution >= 0.6 is 0 Å². The summed E-state index contributed by atoms with van der Waals surface area (Å²) in [4.78, 5) is 11.5. The Bertz CT molecular complexity index is 307. The molecule has 3 aliphatic carbocycles. The number of rotatable bonds is 0. The zero-order valence-corrected chi connectivity index (χ0v) is 7.73. The molecule has 0 unspecified atom stereocenters. The van der Waals surface area contributed by atoms with Crippen molar-refractivity contribution in [2.45, 2.75) is 25.9 Å². The van der Waals surface area contributed by atoms with Gasteiger partial charge in [0.1, 0.15) is 0 Å². The van der Waals surface area contributed by atoms with Gasteiger partial charge in [-0.05, 0) is 36.2 Å². The number of allylic oxidation sites excluding steroid dienone is 2. The Kier molecular flexibility index (Phi) is 1.23. The van der Waals surface area contributed by atoms with E-state index in [9.17, 15) is 9.90 Å². The van der Waals surface area contributed by atoms with Gasteiger partial charge in [-0.15, -0.1) is 0 Å². The number of hydrogen-bond donors (Lipinski definition) is 1. The molecule has 0 saturated heterocycles. The SMILES string of the molecule is C[C@]12CC[C@@H](O)[C@H]1[C@@H]1C=CC(=O)[C@@H]12. The summed E-state index contributed by atoms with van der Waals surface area (Å²) in [7, 11) is 0. The van der Waals surface area contributed by atoms with Crippen LogP contribution in [0.2, 0.25) is 0 Å². The van der Waals surface area contributed by atoms with E-state index in [2.05, 4.69) is 6.92 Å². The predicted octanol–water partition coefficient (Wildman–Crippen LogP) is 1.15. The van der Waals surface area contributed by atoms with Crippen LogP contribution < -0.4 is 0 Å². The molecule has 3 rings (SSSR count). The summed E-state index contributed by atoms with van der Waals surface area (Å²) >= 11 is 0. The summed E-state index contributed by atoms with van der Waals surface area (Å²) in [6, 6.07) is 0. The number of aliphatic hydroxyl groups is 1. The molecule has 2 fully saturated rings. The molecule has 2 heteroatoms. The third-order valence-corrected chi connectivity index (χ3v) is 4.45. The van der Waals surface area contributed by atoms with Gasteiger partial charge in [-0.2, -0.15) is 0 Å². The molecule has 3 aliphatic rings. The molecule has 0 radical (unpaired) electrons. The van der Waals surface area contributed by atoms with Crippen molar-refractivity contribution in [1.29, 1.82) is 0 Å². The molecule has 5 atom stereocenters. The average molecular weight is 178 g/mol. The Hall–Kier alpha value is -0.630. The molecule has 0 aromatic carbocycles. The van der Waals surface area contributed by atoms with Crippen LogP contribution in [0.5, 0.6) is 0 Å². The van der Waals surface area contributed by atoms with E-state index in [0.29, 0.717) is 11.8 Å². The van der Waals surface area contributed by atoms with E-state index >= 15 is 0 Å². The molecule has 70 valence electrons. The highest BCUT2D eigenvalue weighted by Crippen LogP contribution is 2.66. The van der Waals surface area contributed by atoms with E-state index in [1.165, 1.54) is 0 Å². The van der Waals surface area contributed by atoms with E-state index in [4.69, 9.17) is 0 Å². The van der Waals surface area contributed by atoms with Crippen molar-refractivity contribution in [3.05, 3.63) is 12.2 Å². The maximum atomic E-state index is 11.5. The van der Waals surface area contributed by atoms with Gasteiger partial charge in [-0.1, -0.05) is 13.0 Å². The molecular weight excluding hydrogens is 164 g/mol. The first-order valence-electron chi connectivity index (χ1n) is 5.05. The molecule has 2 nitrogen and oxygen atoms in total. The quantitative estimate of drug-likeness (QED) is 0.604. The van der Waals surface area contributed by atoms with Crippen LogP contribution in [0.15, 0.2) is 12.2 Å². The second kappa shape index (κ2) is 2.06. The monoisotopic (exact) mass is 178 g/mol. The number of carbonyl (C=O) groups is 1. The first kappa shape index (κ1) is 7.74. The van der Waals surface area contributed by atoms with Crippen molar-refractivity contribution in [3.8, 4) is 0 Å². The first-order valence-corrected chi connectivity index (χ1v) is 5.05. The van der Waals surface area contributed by atoms with Crippen LogP contribution in [0.1, 0.15) is 19.8 Å². The maximum absolute atomic E-state index is 11.5. The second-order valence-electron chi connectivity index (χ2n) is 4.95. The van der Waals surface area contributed by atoms with Crippen LogP contribution in [-0.2, 0) is 4.79 Å². The van der Waals surface area contributed by atoms with Crippen LogP contribution in [0.4, 0.5) is 0 Å². The largest absolute Gasteiger partial charge is 0.393 e. The lowest BCUT2D eigenvalue weighted by Crippen LogP contribution is -2.55. The lowest BCUT2D eigenvalue weighted by atomic mass is 9.49. The van der Waals surface area contributed by atoms with E-state index < -0.39 is 0 Å². The molecule has 0 aliphatic heterocycles. The molecule has 0 bridgehead atoms. The van der Waals surface area contributed by atoms with Crippen molar-refractivity contribution in [2.75, 3.05) is 0 Å². The molecular formula is C11H14O2. The lowest BCUT2D eigenvalue weighted by molar-refractivity contribution is -0.143. The smallest absolute Gasteiger partial charge is 0.159 e. The fraction of sp³-hybridized carbons (Fsp3) is 0.727. The van der Waals surface area contributed by atoms with Gasteiger partial charge >= 0.3 is 0 Å². The van der Waals surface area contributed by atoms with Gasteiger partial charge in [-0.25, -0.2) is 0 Å². The summed E-state index contributed by atoms with van der Waals surface area (Å²) in [5.41, 5.74) is 0.116. The normalized spacial score (nSPS) is 57.5. The van der Waals surface area contributed by atoms with Crippen molar-refractivity contribution in [3.63, 3.8) is 0 Å². The molecule has 13 heavy (non-hydrogen) atoms. The number of hydrogen-bond acceptors (Lipinski definition) is 2. The van der Waals surface area contributed by atoms with Gasteiger partial charge in [0.2, 0.25) is 0 Å². The second-order valence-corrected chi connectivity index (χ2v) is 4.95. The van der Waals surface area contributed by atoms with Crippen molar-refractivity contribution >= 4 is 5.78 Å². The van der Waals surface area contributed by atoms with Gasteiger partial charge in [-0.3, -0.25) is 4.79 Å². The topological polar surface area (TPSA) is 37.3 Å². The summed E-state index contributed by atoms with van der Waals surface area (Å²) < 4.78 is 0. The highest BCUT2D eigenvalue weighted by molar-refractivity contribution is 5.96. The van der Waals surface area contributed by atoms with Crippen LogP contribution in [0.25, 0.3) is 0 Å². The Morgan fingerprint density at radius 1 is 1.62 bits per heavy atom. The van der Waals surface area contributed by atoms with E-state index in [-0.39, 0.29) is 23.2 Å². The fourth-order valence-electron chi connectivity index (χ4n) is 3.89. The van der Waals surface area contributed by atoms with Crippen molar-refractivity contribution in [2.24, 2.45) is 23.2 Å². The van der Waals surface area contributed by atoms with Crippen molar-refractivity contribution in [1.82, 2.24) is 0 Å². The molecule has 1 N–H and O–H groups in total. The minimum absolute atomic E-state index is 0.116. The zero-order chi connectivity index (χ0) is 9.22. The molecule has 0 amide bonds. The van der Waals surface area contributed by atoms with Crippen LogP contribution in [0.3, 0.4) is 0 Å². The fourth-order valence-corrected chi connectivity index (χ4v) is 3.89. The van der Waals surface area contributed by atoms with Crippen LogP contribution in [-0.4, -0.2) is 17.0 Å². The minimum atomic E-state index is -0.165. The molecule has 2 saturated carbocycles. The molecule has 0 aromatic heterocycles. The Morgan fingerprint density at radius 3 is 3.15 bits per heavy atom. The number of ketones is 1. The summed E-state index contributed by atoms with van der Waals surface area (Å²) in [5, 5.41) is 9.77. The van der Waals surface area contributed by atoms with Gasteiger partial charge in [0.25, 0.3) is 0 Å². The summed E-state index contributed by atoms with van der Waals surface area (Å²) in [6.45, 7) is 2.17. The highest BCUT2D eigenvalue weighted by Gasteiger charge is 2.66. The summed E-state index contributed by atoms with van der Waals surface area (Å²) in [6.07, 6.45) is 5.46. The molecule has 0 aromatic rings. The third-order valence-electron chi connectivity index (χ3n) is 4.45. The van der Waals surface area contributed by atoms with E-state index in [1.807, 2.05) is 6.08 Å². The molecule has 0 heterocycles. The lowest BCUT2D eigenvalue weighted by Gasteiger charge is -2.53.